The molecule has 152 valence electrons. The molecule has 1 heterocycles. The van der Waals surface area contributed by atoms with Gasteiger partial charge >= 0.3 is 0 Å². The molecule has 0 N–H and O–H groups in total. The van der Waals surface area contributed by atoms with E-state index in [1.54, 1.807) is 6.92 Å². The van der Waals surface area contributed by atoms with Gasteiger partial charge in [-0.15, -0.1) is 10.2 Å². The summed E-state index contributed by atoms with van der Waals surface area (Å²) >= 11 is 1.20. The van der Waals surface area contributed by atoms with Crippen LogP contribution in [-0.4, -0.2) is 21.7 Å². The largest absolute Gasteiger partial charge is 0.481 e. The molecule has 3 aromatic rings. The molecule has 0 aliphatic carbocycles. The third-order valence-corrected chi connectivity index (χ3v) is 5.69. The Morgan fingerprint density at radius 2 is 1.72 bits per heavy atom. The Morgan fingerprint density at radius 1 is 1.10 bits per heavy atom. The van der Waals surface area contributed by atoms with E-state index in [2.05, 4.69) is 16.3 Å². The number of ketones is 1. The Hall–Kier alpha value is -2.67. The molecule has 0 amide bonds. The van der Waals surface area contributed by atoms with Crippen molar-refractivity contribution in [3.63, 3.8) is 0 Å². The van der Waals surface area contributed by atoms with Crippen molar-refractivity contribution in [3.05, 3.63) is 69.9 Å². The van der Waals surface area contributed by atoms with Gasteiger partial charge in [0.05, 0.1) is 5.75 Å². The van der Waals surface area contributed by atoms with Crippen molar-refractivity contribution in [2.45, 2.75) is 45.9 Å². The average molecular weight is 415 g/mol. The molecule has 1 unspecified atom stereocenters. The molecule has 7 heteroatoms. The highest BCUT2D eigenvalue weighted by Gasteiger charge is 2.19. The second-order valence-electron chi connectivity index (χ2n) is 6.97. The Kier molecular flexibility index (Phi) is 6.37. The Morgan fingerprint density at radius 3 is 2.34 bits per heavy atom. The van der Waals surface area contributed by atoms with Crippen LogP contribution >= 0.6 is 11.8 Å². The van der Waals surface area contributed by atoms with Crippen LogP contribution in [0.4, 0.5) is 4.39 Å². The molecule has 1 aromatic heterocycles. The molecule has 1 atom stereocenters. The van der Waals surface area contributed by atoms with Crippen molar-refractivity contribution in [3.8, 4) is 5.75 Å². The number of rotatable bonds is 7. The number of nitrogens with zero attached hydrogens (tertiary/aromatic N) is 2. The Labute approximate surface area is 173 Å². The molecule has 5 nitrogen and oxygen atoms in total. The van der Waals surface area contributed by atoms with Crippen molar-refractivity contribution < 1.29 is 18.3 Å². The van der Waals surface area contributed by atoms with Gasteiger partial charge in [-0.05, 0) is 81.1 Å². The van der Waals surface area contributed by atoms with E-state index in [0.29, 0.717) is 16.9 Å². The van der Waals surface area contributed by atoms with Gasteiger partial charge in [-0.25, -0.2) is 4.39 Å². The van der Waals surface area contributed by atoms with Gasteiger partial charge < -0.3 is 9.15 Å². The first-order chi connectivity index (χ1) is 13.8. The zero-order chi connectivity index (χ0) is 21.1. The zero-order valence-corrected chi connectivity index (χ0v) is 17.9. The number of ether oxygens (including phenoxy) is 1. The van der Waals surface area contributed by atoms with Gasteiger partial charge in [0.1, 0.15) is 11.6 Å². The van der Waals surface area contributed by atoms with E-state index in [-0.39, 0.29) is 17.4 Å². The number of halogens is 1. The van der Waals surface area contributed by atoms with Crippen LogP contribution in [0.15, 0.2) is 40.0 Å². The molecule has 0 bridgehead atoms. The molecular formula is C22H23FN2O3S. The van der Waals surface area contributed by atoms with Crippen molar-refractivity contribution in [2.24, 2.45) is 0 Å². The minimum atomic E-state index is -0.498. The quantitative estimate of drug-likeness (QED) is 0.373. The van der Waals surface area contributed by atoms with E-state index >= 15 is 0 Å². The lowest BCUT2D eigenvalue weighted by atomic mass is 9.92. The average Bonchev–Trinajstić information content (AvgIpc) is 3.16. The molecule has 2 aromatic carbocycles. The number of benzene rings is 2. The highest BCUT2D eigenvalue weighted by Crippen LogP contribution is 2.27. The van der Waals surface area contributed by atoms with E-state index in [1.807, 2.05) is 27.7 Å². The highest BCUT2D eigenvalue weighted by atomic mass is 32.2. The normalized spacial score (nSPS) is 12.1. The van der Waals surface area contributed by atoms with E-state index in [0.717, 1.165) is 27.8 Å². The summed E-state index contributed by atoms with van der Waals surface area (Å²) in [5.74, 6) is 0.706. The lowest BCUT2D eigenvalue weighted by Gasteiger charge is -2.13. The van der Waals surface area contributed by atoms with Crippen LogP contribution in [0.5, 0.6) is 5.75 Å². The molecule has 29 heavy (non-hydrogen) atoms. The predicted octanol–water partition coefficient (Wildman–Crippen LogP) is 5.56. The lowest BCUT2D eigenvalue weighted by Crippen LogP contribution is -2.10. The molecule has 3 rings (SSSR count). The van der Waals surface area contributed by atoms with Crippen molar-refractivity contribution in [1.29, 1.82) is 0 Å². The predicted molar refractivity (Wildman–Crippen MR) is 110 cm³/mol. The topological polar surface area (TPSA) is 65.2 Å². The van der Waals surface area contributed by atoms with E-state index in [9.17, 15) is 9.18 Å². The molecule has 0 radical (unpaired) electrons. The van der Waals surface area contributed by atoms with Crippen LogP contribution < -0.4 is 4.74 Å². The summed E-state index contributed by atoms with van der Waals surface area (Å²) in [6.45, 7) is 9.73. The van der Waals surface area contributed by atoms with Gasteiger partial charge in [-0.2, -0.15) is 0 Å². The monoisotopic (exact) mass is 414 g/mol. The Bertz CT molecular complexity index is 1010. The molecule has 0 saturated heterocycles. The fraction of sp³-hybridized carbons (Fsp3) is 0.318. The molecule has 0 aliphatic heterocycles. The second kappa shape index (κ2) is 8.78. The zero-order valence-electron chi connectivity index (χ0n) is 17.1. The molecule has 0 saturated carbocycles. The Balaban J connectivity index is 1.65. The summed E-state index contributed by atoms with van der Waals surface area (Å²) in [5.41, 5.74) is 4.99. The maximum Gasteiger partial charge on any atom is 0.277 e. The summed E-state index contributed by atoms with van der Waals surface area (Å²) in [5, 5.41) is 8.30. The SMILES string of the molecule is Cc1cc(C)c(C)c(C(=O)CSc2nnc(C(C)Oc3ccc(F)cc3)o2)c1C. The minimum Gasteiger partial charge on any atom is -0.481 e. The molecular weight excluding hydrogens is 391 g/mol. The summed E-state index contributed by atoms with van der Waals surface area (Å²) in [7, 11) is 0. The van der Waals surface area contributed by atoms with Gasteiger partial charge in [0.2, 0.25) is 0 Å². The summed E-state index contributed by atoms with van der Waals surface area (Å²) in [4.78, 5) is 12.8. The van der Waals surface area contributed by atoms with Crippen LogP contribution in [0.1, 0.15) is 51.5 Å². The smallest absolute Gasteiger partial charge is 0.277 e. The molecule has 0 fully saturated rings. The first-order valence-corrected chi connectivity index (χ1v) is 10.2. The molecule has 0 spiro atoms. The van der Waals surface area contributed by atoms with Gasteiger partial charge in [0.25, 0.3) is 11.1 Å². The fourth-order valence-corrected chi connectivity index (χ4v) is 3.69. The highest BCUT2D eigenvalue weighted by molar-refractivity contribution is 7.99. The summed E-state index contributed by atoms with van der Waals surface area (Å²) < 4.78 is 24.3. The van der Waals surface area contributed by atoms with Gasteiger partial charge in [0, 0.05) is 5.56 Å². The van der Waals surface area contributed by atoms with Crippen LogP contribution in [0, 0.1) is 33.5 Å². The number of aromatic nitrogens is 2. The first kappa shape index (κ1) is 21.0. The number of hydrogen-bond donors (Lipinski definition) is 0. The van der Waals surface area contributed by atoms with Gasteiger partial charge in [-0.1, -0.05) is 17.8 Å². The number of carbonyl (C=O) groups is 1. The van der Waals surface area contributed by atoms with E-state index in [1.165, 1.54) is 36.0 Å². The van der Waals surface area contributed by atoms with Crippen molar-refractivity contribution in [1.82, 2.24) is 10.2 Å². The molecule has 0 aliphatic rings. The number of carbonyl (C=O) groups excluding carboxylic acids is 1. The van der Waals surface area contributed by atoms with E-state index in [4.69, 9.17) is 9.15 Å². The van der Waals surface area contributed by atoms with Crippen LogP contribution in [0.25, 0.3) is 0 Å². The summed E-state index contributed by atoms with van der Waals surface area (Å²) in [6, 6.07) is 7.80. The lowest BCUT2D eigenvalue weighted by molar-refractivity contribution is 0.102. The number of hydrogen-bond acceptors (Lipinski definition) is 6. The van der Waals surface area contributed by atoms with Crippen LogP contribution in [0.3, 0.4) is 0 Å². The first-order valence-electron chi connectivity index (χ1n) is 9.25. The second-order valence-corrected chi connectivity index (χ2v) is 7.89. The number of Topliss-reactive ketones (excluding diaryl/α,β-unsaturated/α-hetero) is 1. The standard InChI is InChI=1S/C22H23FN2O3S/c1-12-10-13(2)15(4)20(14(12)3)19(26)11-29-22-25-24-21(28-22)16(5)27-18-8-6-17(23)7-9-18/h6-10,16H,11H2,1-5H3. The third-order valence-electron chi connectivity index (χ3n) is 4.87. The van der Waals surface area contributed by atoms with Gasteiger partial charge in [-0.3, -0.25) is 4.79 Å². The van der Waals surface area contributed by atoms with E-state index < -0.39 is 6.10 Å². The fourth-order valence-electron chi connectivity index (χ4n) is 3.05. The van der Waals surface area contributed by atoms with Crippen LogP contribution in [-0.2, 0) is 0 Å². The number of aryl methyl sites for hydroxylation is 2. The maximum absolute atomic E-state index is 13.0. The van der Waals surface area contributed by atoms with Crippen molar-refractivity contribution >= 4 is 17.5 Å². The van der Waals surface area contributed by atoms with Gasteiger partial charge in [0.15, 0.2) is 11.9 Å². The minimum absolute atomic E-state index is 0.0344. The third kappa shape index (κ3) is 4.85. The van der Waals surface area contributed by atoms with Crippen molar-refractivity contribution in [2.75, 3.05) is 5.75 Å². The summed E-state index contributed by atoms with van der Waals surface area (Å²) in [6.07, 6.45) is -0.498. The number of thioether (sulfide) groups is 1. The van der Waals surface area contributed by atoms with Crippen LogP contribution in [0.2, 0.25) is 0 Å². The maximum atomic E-state index is 13.0.